The molecule has 0 unspecified atom stereocenters. The summed E-state index contributed by atoms with van der Waals surface area (Å²) in [5.41, 5.74) is -0.503. The second kappa shape index (κ2) is 5.76. The molecule has 24 heavy (non-hydrogen) atoms. The van der Waals surface area contributed by atoms with Crippen LogP contribution in [0.1, 0.15) is 17.3 Å². The number of aliphatic carboxylic acids is 1. The summed E-state index contributed by atoms with van der Waals surface area (Å²) in [5.74, 6) is -4.04. The summed E-state index contributed by atoms with van der Waals surface area (Å²) < 4.78 is 10.4. The van der Waals surface area contributed by atoms with Crippen LogP contribution in [0.2, 0.25) is 0 Å². The molecule has 7 heteroatoms. The van der Waals surface area contributed by atoms with Crippen molar-refractivity contribution >= 4 is 23.5 Å². The van der Waals surface area contributed by atoms with Crippen molar-refractivity contribution in [2.45, 2.75) is 18.6 Å². The molecule has 0 aliphatic carbocycles. The Bertz CT molecular complexity index is 742. The molecule has 1 amide bonds. The summed E-state index contributed by atoms with van der Waals surface area (Å²) in [5, 5.41) is 12.1. The summed E-state index contributed by atoms with van der Waals surface area (Å²) >= 11 is 0. The van der Waals surface area contributed by atoms with E-state index in [0.29, 0.717) is 0 Å². The van der Waals surface area contributed by atoms with E-state index >= 15 is 0 Å². The van der Waals surface area contributed by atoms with Crippen LogP contribution >= 0.6 is 0 Å². The zero-order valence-electron chi connectivity index (χ0n) is 13.2. The number of ether oxygens (including phenoxy) is 2. The van der Waals surface area contributed by atoms with Crippen LogP contribution in [0, 0.1) is 11.8 Å². The predicted octanol–water partition coefficient (Wildman–Crippen LogP) is 1.46. The highest BCUT2D eigenvalue weighted by Gasteiger charge is 2.59. The zero-order chi connectivity index (χ0) is 17.5. The summed E-state index contributed by atoms with van der Waals surface area (Å²) in [6.45, 7) is 1.68. The number of carbonyl (C=O) groups is 3. The van der Waals surface area contributed by atoms with E-state index in [2.05, 4.69) is 5.32 Å². The van der Waals surface area contributed by atoms with E-state index in [-0.39, 0.29) is 11.3 Å². The average molecular weight is 331 g/mol. The maximum Gasteiger partial charge on any atom is 0.339 e. The molecule has 0 radical (unpaired) electrons. The first kappa shape index (κ1) is 16.2. The molecular weight excluding hydrogens is 314 g/mol. The first-order valence-electron chi connectivity index (χ1n) is 7.45. The topological polar surface area (TPSA) is 102 Å². The van der Waals surface area contributed by atoms with Gasteiger partial charge in [0, 0.05) is 0 Å². The van der Waals surface area contributed by atoms with Crippen molar-refractivity contribution in [3.8, 4) is 0 Å². The highest BCUT2D eigenvalue weighted by molar-refractivity contribution is 6.03. The van der Waals surface area contributed by atoms with Gasteiger partial charge in [0.15, 0.2) is 0 Å². The molecule has 4 atom stereocenters. The van der Waals surface area contributed by atoms with Crippen LogP contribution in [-0.2, 0) is 19.1 Å². The second-order valence-corrected chi connectivity index (χ2v) is 5.99. The number of fused-ring (bicyclic) bond motifs is 2. The number of para-hydroxylation sites is 1. The Morgan fingerprint density at radius 2 is 2.00 bits per heavy atom. The van der Waals surface area contributed by atoms with Gasteiger partial charge in [0.05, 0.1) is 36.0 Å². The van der Waals surface area contributed by atoms with Crippen molar-refractivity contribution in [3.05, 3.63) is 42.0 Å². The van der Waals surface area contributed by atoms with E-state index in [0.717, 1.165) is 0 Å². The molecule has 1 aromatic carbocycles. The number of anilines is 1. The fourth-order valence-corrected chi connectivity index (χ4v) is 3.37. The van der Waals surface area contributed by atoms with Gasteiger partial charge < -0.3 is 19.9 Å². The monoisotopic (exact) mass is 331 g/mol. The van der Waals surface area contributed by atoms with Crippen LogP contribution < -0.4 is 5.32 Å². The minimum atomic E-state index is -1.09. The molecule has 1 aromatic rings. The van der Waals surface area contributed by atoms with E-state index in [9.17, 15) is 19.5 Å². The number of carboxylic acid groups (broad SMARTS) is 1. The van der Waals surface area contributed by atoms with Gasteiger partial charge in [-0.15, -0.1) is 0 Å². The molecule has 1 saturated heterocycles. The molecule has 2 aliphatic heterocycles. The Hall–Kier alpha value is -2.67. The molecule has 3 rings (SSSR count). The summed E-state index contributed by atoms with van der Waals surface area (Å²) in [6.07, 6.45) is 2.76. The zero-order valence-corrected chi connectivity index (χ0v) is 13.2. The van der Waals surface area contributed by atoms with E-state index in [1.165, 1.54) is 13.2 Å². The van der Waals surface area contributed by atoms with Gasteiger partial charge in [-0.3, -0.25) is 9.59 Å². The number of methoxy groups -OCH3 is 1. The fraction of sp³-hybridized carbons (Fsp3) is 0.353. The largest absolute Gasteiger partial charge is 0.481 e. The highest BCUT2D eigenvalue weighted by atomic mass is 16.5. The van der Waals surface area contributed by atoms with Crippen molar-refractivity contribution in [2.24, 2.45) is 11.8 Å². The van der Waals surface area contributed by atoms with E-state index in [1.54, 1.807) is 37.3 Å². The Kier molecular flexibility index (Phi) is 3.88. The summed E-state index contributed by atoms with van der Waals surface area (Å²) in [6, 6.07) is 6.39. The Morgan fingerprint density at radius 3 is 2.67 bits per heavy atom. The maximum absolute atomic E-state index is 12.7. The van der Waals surface area contributed by atoms with Gasteiger partial charge in [-0.25, -0.2) is 4.79 Å². The molecule has 2 heterocycles. The van der Waals surface area contributed by atoms with Gasteiger partial charge in [0.1, 0.15) is 5.92 Å². The molecule has 7 nitrogen and oxygen atoms in total. The normalized spacial score (nSPS) is 30.2. The van der Waals surface area contributed by atoms with E-state index < -0.39 is 41.4 Å². The Balaban J connectivity index is 1.89. The lowest BCUT2D eigenvalue weighted by atomic mass is 9.75. The van der Waals surface area contributed by atoms with Crippen molar-refractivity contribution < 1.29 is 29.0 Å². The minimum Gasteiger partial charge on any atom is -0.481 e. The quantitative estimate of drug-likeness (QED) is 0.640. The van der Waals surface area contributed by atoms with Crippen molar-refractivity contribution in [3.63, 3.8) is 0 Å². The summed E-state index contributed by atoms with van der Waals surface area (Å²) in [4.78, 5) is 36.1. The minimum absolute atomic E-state index is 0.199. The van der Waals surface area contributed by atoms with Crippen molar-refractivity contribution in [1.29, 1.82) is 0 Å². The molecule has 0 aromatic heterocycles. The van der Waals surface area contributed by atoms with Crippen molar-refractivity contribution in [1.82, 2.24) is 0 Å². The van der Waals surface area contributed by atoms with Gasteiger partial charge >= 0.3 is 11.9 Å². The third-order valence-corrected chi connectivity index (χ3v) is 4.50. The lowest BCUT2D eigenvalue weighted by molar-refractivity contribution is -0.146. The highest BCUT2D eigenvalue weighted by Crippen LogP contribution is 2.47. The Morgan fingerprint density at radius 1 is 1.29 bits per heavy atom. The van der Waals surface area contributed by atoms with E-state index in [4.69, 9.17) is 9.47 Å². The first-order chi connectivity index (χ1) is 11.4. The molecule has 0 spiro atoms. The summed E-state index contributed by atoms with van der Waals surface area (Å²) in [7, 11) is 1.25. The lowest BCUT2D eigenvalue weighted by Crippen LogP contribution is -2.44. The number of carboxylic acids is 1. The number of hydrogen-bond acceptors (Lipinski definition) is 5. The molecule has 1 fully saturated rings. The van der Waals surface area contributed by atoms with Gasteiger partial charge in [0.2, 0.25) is 5.91 Å². The number of amides is 1. The first-order valence-corrected chi connectivity index (χ1v) is 7.45. The number of hydrogen-bond donors (Lipinski definition) is 2. The third kappa shape index (κ3) is 2.46. The molecule has 2 bridgehead atoms. The molecule has 0 saturated carbocycles. The third-order valence-electron chi connectivity index (χ3n) is 4.50. The van der Waals surface area contributed by atoms with Crippen molar-refractivity contribution in [2.75, 3.05) is 12.4 Å². The van der Waals surface area contributed by atoms with Crippen LogP contribution in [0.5, 0.6) is 0 Å². The molecule has 126 valence electrons. The Labute approximate surface area is 138 Å². The fourth-order valence-electron chi connectivity index (χ4n) is 3.37. The van der Waals surface area contributed by atoms with Crippen LogP contribution in [0.25, 0.3) is 0 Å². The number of nitrogens with one attached hydrogen (secondary N) is 1. The van der Waals surface area contributed by atoms with Gasteiger partial charge in [0.25, 0.3) is 0 Å². The predicted molar refractivity (Wildman–Crippen MR) is 83.4 cm³/mol. The van der Waals surface area contributed by atoms with Crippen LogP contribution in [0.4, 0.5) is 5.69 Å². The standard InChI is InChI=1S/C17H17NO6/c1-17-8-7-11(24-17)12(15(20)21)13(17)14(19)18-10-6-4-3-5-9(10)16(22)23-2/h3-8,11-13H,1-2H3,(H,18,19)(H,20,21)/t11-,12+,13-,17-/m1/s1. The second-order valence-electron chi connectivity index (χ2n) is 5.99. The van der Waals surface area contributed by atoms with E-state index in [1.807, 2.05) is 0 Å². The lowest BCUT2D eigenvalue weighted by Gasteiger charge is -2.28. The average Bonchev–Trinajstić information content (AvgIpc) is 3.07. The van der Waals surface area contributed by atoms with Crippen LogP contribution in [0.3, 0.4) is 0 Å². The number of rotatable bonds is 4. The molecule has 2 aliphatic rings. The SMILES string of the molecule is COC(=O)c1ccccc1NC(=O)[C@H]1[C@@H](C(=O)O)[C@H]2C=C[C@@]1(C)O2. The molecular formula is C17H17NO6. The smallest absolute Gasteiger partial charge is 0.339 e. The van der Waals surface area contributed by atoms with Gasteiger partial charge in [-0.1, -0.05) is 24.3 Å². The van der Waals surface area contributed by atoms with Gasteiger partial charge in [-0.2, -0.15) is 0 Å². The maximum atomic E-state index is 12.7. The van der Waals surface area contributed by atoms with Crippen LogP contribution in [0.15, 0.2) is 36.4 Å². The van der Waals surface area contributed by atoms with Crippen LogP contribution in [-0.4, -0.2) is 41.8 Å². The number of benzene rings is 1. The van der Waals surface area contributed by atoms with Gasteiger partial charge in [-0.05, 0) is 19.1 Å². The number of esters is 1. The molecule has 2 N–H and O–H groups in total. The number of carbonyl (C=O) groups excluding carboxylic acids is 2.